The predicted octanol–water partition coefficient (Wildman–Crippen LogP) is 4.21. The molecule has 0 N–H and O–H groups in total. The van der Waals surface area contributed by atoms with Crippen LogP contribution in [0.2, 0.25) is 10.0 Å². The van der Waals surface area contributed by atoms with E-state index in [0.717, 1.165) is 0 Å². The fraction of sp³-hybridized carbons (Fsp3) is 0.176. The Balaban J connectivity index is 2.16. The van der Waals surface area contributed by atoms with Crippen LogP contribution in [0.15, 0.2) is 35.5 Å². The summed E-state index contributed by atoms with van der Waals surface area (Å²) in [6, 6.07) is 7.73. The van der Waals surface area contributed by atoms with Crippen LogP contribution >= 0.6 is 23.2 Å². The maximum absolute atomic E-state index is 11.9. The molecule has 2 aromatic carbocycles. The van der Waals surface area contributed by atoms with Gasteiger partial charge in [0.2, 0.25) is 5.75 Å². The summed E-state index contributed by atoms with van der Waals surface area (Å²) in [5, 5.41) is 4.27. The molecule has 0 aromatic heterocycles. The molecule has 2 rings (SSSR count). The quantitative estimate of drug-likeness (QED) is 0.424. The summed E-state index contributed by atoms with van der Waals surface area (Å²) < 4.78 is 15.7. The van der Waals surface area contributed by atoms with Crippen LogP contribution in [0.25, 0.3) is 0 Å². The predicted molar refractivity (Wildman–Crippen MR) is 95.6 cm³/mol. The summed E-state index contributed by atoms with van der Waals surface area (Å²) in [5.74, 6) is 0.704. The van der Waals surface area contributed by atoms with Crippen molar-refractivity contribution in [1.82, 2.24) is 0 Å². The molecule has 2 aromatic rings. The molecule has 0 aliphatic heterocycles. The molecule has 132 valence electrons. The van der Waals surface area contributed by atoms with Crippen LogP contribution < -0.4 is 14.2 Å². The topological polar surface area (TPSA) is 66.4 Å². The van der Waals surface area contributed by atoms with Gasteiger partial charge in [-0.15, -0.1) is 0 Å². The van der Waals surface area contributed by atoms with Crippen LogP contribution in [0.1, 0.15) is 15.9 Å². The number of rotatable bonds is 6. The van der Waals surface area contributed by atoms with Gasteiger partial charge in [0, 0.05) is 5.56 Å². The van der Waals surface area contributed by atoms with Gasteiger partial charge in [-0.25, -0.2) is 4.79 Å². The van der Waals surface area contributed by atoms with Gasteiger partial charge in [0.15, 0.2) is 11.5 Å². The van der Waals surface area contributed by atoms with E-state index in [1.54, 1.807) is 12.1 Å². The monoisotopic (exact) mass is 383 g/mol. The molecule has 25 heavy (non-hydrogen) atoms. The van der Waals surface area contributed by atoms with E-state index in [-0.39, 0.29) is 10.6 Å². The lowest BCUT2D eigenvalue weighted by Crippen LogP contribution is -2.01. The maximum Gasteiger partial charge on any atom is 0.365 e. The number of methoxy groups -OCH3 is 3. The Hall–Kier alpha value is -2.44. The maximum atomic E-state index is 11.9. The van der Waals surface area contributed by atoms with Gasteiger partial charge < -0.3 is 19.0 Å². The lowest BCUT2D eigenvalue weighted by Gasteiger charge is -2.12. The normalized spacial score (nSPS) is 10.6. The number of carbonyl (C=O) groups excluding carboxylic acids is 1. The van der Waals surface area contributed by atoms with Gasteiger partial charge in [0.25, 0.3) is 0 Å². The van der Waals surface area contributed by atoms with E-state index >= 15 is 0 Å². The molecular formula is C17H15Cl2NO5. The minimum atomic E-state index is -0.665. The molecule has 0 aliphatic rings. The summed E-state index contributed by atoms with van der Waals surface area (Å²) in [4.78, 5) is 16.8. The van der Waals surface area contributed by atoms with Crippen molar-refractivity contribution in [3.8, 4) is 17.2 Å². The average molecular weight is 384 g/mol. The smallest absolute Gasteiger partial charge is 0.365 e. The summed E-state index contributed by atoms with van der Waals surface area (Å²) in [5.41, 5.74) is 0.827. The molecule has 0 fully saturated rings. The zero-order chi connectivity index (χ0) is 18.4. The molecule has 0 atom stereocenters. The second kappa shape index (κ2) is 8.60. The molecule has 0 saturated heterocycles. The van der Waals surface area contributed by atoms with Gasteiger partial charge in [-0.2, -0.15) is 0 Å². The number of hydrogen-bond acceptors (Lipinski definition) is 6. The number of benzene rings is 2. The summed E-state index contributed by atoms with van der Waals surface area (Å²) in [7, 11) is 4.51. The first-order valence-corrected chi connectivity index (χ1v) is 7.75. The first kappa shape index (κ1) is 18.9. The lowest BCUT2D eigenvalue weighted by molar-refractivity contribution is 0.0519. The van der Waals surface area contributed by atoms with Gasteiger partial charge in [0.05, 0.1) is 43.2 Å². The fourth-order valence-corrected chi connectivity index (χ4v) is 2.28. The molecule has 0 spiro atoms. The lowest BCUT2D eigenvalue weighted by atomic mass is 10.2. The first-order chi connectivity index (χ1) is 12.0. The molecular weight excluding hydrogens is 369 g/mol. The Bertz CT molecular complexity index is 783. The van der Waals surface area contributed by atoms with Crippen molar-refractivity contribution in [2.75, 3.05) is 21.3 Å². The molecule has 8 heteroatoms. The van der Waals surface area contributed by atoms with Gasteiger partial charge in [-0.3, -0.25) is 0 Å². The fourth-order valence-electron chi connectivity index (χ4n) is 1.99. The van der Waals surface area contributed by atoms with Crippen molar-refractivity contribution < 1.29 is 23.8 Å². The number of halogens is 2. The second-order valence-corrected chi connectivity index (χ2v) is 5.52. The Morgan fingerprint density at radius 3 is 2.12 bits per heavy atom. The third-order valence-electron chi connectivity index (χ3n) is 3.18. The summed E-state index contributed by atoms with van der Waals surface area (Å²) >= 11 is 11.7. The van der Waals surface area contributed by atoms with Gasteiger partial charge in [-0.05, 0) is 30.3 Å². The number of hydrogen-bond donors (Lipinski definition) is 0. The molecule has 0 bridgehead atoms. The van der Waals surface area contributed by atoms with Crippen molar-refractivity contribution in [1.29, 1.82) is 0 Å². The van der Waals surface area contributed by atoms with Gasteiger partial charge >= 0.3 is 5.97 Å². The minimum Gasteiger partial charge on any atom is -0.493 e. The minimum absolute atomic E-state index is 0.233. The third kappa shape index (κ3) is 4.55. The van der Waals surface area contributed by atoms with Gasteiger partial charge in [0.1, 0.15) is 0 Å². The standard InChI is InChI=1S/C17H15Cl2NO5/c1-22-14-6-10(7-15(23-2)16(14)24-3)9-20-25-17(21)11-4-5-12(18)13(19)8-11/h4-9H,1-3H3. The van der Waals surface area contributed by atoms with Crippen LogP contribution in [0, 0.1) is 0 Å². The van der Waals surface area contributed by atoms with E-state index in [0.29, 0.717) is 27.8 Å². The zero-order valence-electron chi connectivity index (χ0n) is 13.7. The van der Waals surface area contributed by atoms with Crippen LogP contribution in [-0.4, -0.2) is 33.5 Å². The van der Waals surface area contributed by atoms with Gasteiger partial charge in [-0.1, -0.05) is 28.4 Å². The van der Waals surface area contributed by atoms with Crippen molar-refractivity contribution in [3.63, 3.8) is 0 Å². The SMILES string of the molecule is COc1cc(C=NOC(=O)c2ccc(Cl)c(Cl)c2)cc(OC)c1OC. The highest BCUT2D eigenvalue weighted by Gasteiger charge is 2.13. The van der Waals surface area contributed by atoms with Crippen molar-refractivity contribution >= 4 is 35.4 Å². The van der Waals surface area contributed by atoms with Crippen LogP contribution in [-0.2, 0) is 4.84 Å². The highest BCUT2D eigenvalue weighted by Crippen LogP contribution is 2.37. The number of nitrogens with zero attached hydrogens (tertiary/aromatic N) is 1. The van der Waals surface area contributed by atoms with Crippen LogP contribution in [0.4, 0.5) is 0 Å². The Morgan fingerprint density at radius 1 is 0.960 bits per heavy atom. The van der Waals surface area contributed by atoms with E-state index < -0.39 is 5.97 Å². The Kier molecular flexibility index (Phi) is 6.50. The van der Waals surface area contributed by atoms with Crippen molar-refractivity contribution in [2.45, 2.75) is 0 Å². The zero-order valence-corrected chi connectivity index (χ0v) is 15.2. The molecule has 0 radical (unpaired) electrons. The van der Waals surface area contributed by atoms with E-state index in [9.17, 15) is 4.79 Å². The van der Waals surface area contributed by atoms with Crippen molar-refractivity contribution in [3.05, 3.63) is 51.5 Å². The van der Waals surface area contributed by atoms with E-state index in [1.807, 2.05) is 0 Å². The van der Waals surface area contributed by atoms with E-state index in [1.165, 1.54) is 45.7 Å². The Labute approximate surface area is 154 Å². The third-order valence-corrected chi connectivity index (χ3v) is 3.92. The van der Waals surface area contributed by atoms with E-state index in [2.05, 4.69) is 5.16 Å². The number of carbonyl (C=O) groups is 1. The molecule has 0 saturated carbocycles. The highest BCUT2D eigenvalue weighted by atomic mass is 35.5. The molecule has 6 nitrogen and oxygen atoms in total. The highest BCUT2D eigenvalue weighted by molar-refractivity contribution is 6.42. The average Bonchev–Trinajstić information content (AvgIpc) is 2.62. The summed E-state index contributed by atoms with van der Waals surface area (Å²) in [6.07, 6.45) is 1.35. The number of ether oxygens (including phenoxy) is 3. The summed E-state index contributed by atoms with van der Waals surface area (Å²) in [6.45, 7) is 0. The second-order valence-electron chi connectivity index (χ2n) is 4.70. The molecule has 0 aliphatic carbocycles. The van der Waals surface area contributed by atoms with Crippen LogP contribution in [0.5, 0.6) is 17.2 Å². The number of oxime groups is 1. The van der Waals surface area contributed by atoms with Crippen molar-refractivity contribution in [2.24, 2.45) is 5.16 Å². The molecule has 0 amide bonds. The molecule has 0 unspecified atom stereocenters. The van der Waals surface area contributed by atoms with E-state index in [4.69, 9.17) is 42.3 Å². The van der Waals surface area contributed by atoms with Crippen LogP contribution in [0.3, 0.4) is 0 Å². The Morgan fingerprint density at radius 2 is 1.60 bits per heavy atom. The largest absolute Gasteiger partial charge is 0.493 e. The first-order valence-electron chi connectivity index (χ1n) is 7.00. The molecule has 0 heterocycles.